The number of benzene rings is 2. The molecule has 0 amide bonds. The van der Waals surface area contributed by atoms with Gasteiger partial charge in [-0.05, 0) is 89.7 Å². The molecular formula is C25H31ClINO. The summed E-state index contributed by atoms with van der Waals surface area (Å²) >= 11 is 9.21. The van der Waals surface area contributed by atoms with E-state index in [0.717, 1.165) is 5.02 Å². The third-order valence-electron chi connectivity index (χ3n) is 6.75. The molecule has 2 nitrogen and oxygen atoms in total. The Hall–Kier alpha value is -0.780. The van der Waals surface area contributed by atoms with Crippen LogP contribution in [-0.2, 0) is 0 Å². The zero-order valence-electron chi connectivity index (χ0n) is 17.0. The van der Waals surface area contributed by atoms with Gasteiger partial charge in [0, 0.05) is 20.7 Å². The topological polar surface area (TPSA) is 23.5 Å². The highest BCUT2D eigenvalue weighted by molar-refractivity contribution is 14.1. The SMILES string of the molecule is Oc1ccc(C(c2cc(I)ccc2Cl)N(C2CCCCC2)C2CCCCC2)cc1. The lowest BCUT2D eigenvalue weighted by Crippen LogP contribution is -2.47. The van der Waals surface area contributed by atoms with Crippen molar-refractivity contribution in [3.8, 4) is 5.75 Å². The molecular weight excluding hydrogens is 493 g/mol. The Morgan fingerprint density at radius 3 is 1.93 bits per heavy atom. The maximum Gasteiger partial charge on any atom is 0.115 e. The first-order chi connectivity index (χ1) is 14.1. The van der Waals surface area contributed by atoms with Crippen LogP contribution in [0.15, 0.2) is 42.5 Å². The summed E-state index contributed by atoms with van der Waals surface area (Å²) < 4.78 is 1.22. The molecule has 0 aromatic heterocycles. The van der Waals surface area contributed by atoms with Crippen molar-refractivity contribution < 1.29 is 5.11 Å². The van der Waals surface area contributed by atoms with Gasteiger partial charge in [0.25, 0.3) is 0 Å². The Morgan fingerprint density at radius 1 is 0.828 bits per heavy atom. The second kappa shape index (κ2) is 10.0. The summed E-state index contributed by atoms with van der Waals surface area (Å²) in [4.78, 5) is 2.84. The molecule has 156 valence electrons. The fourth-order valence-corrected chi connectivity index (χ4v) is 6.11. The third-order valence-corrected chi connectivity index (χ3v) is 7.77. The van der Waals surface area contributed by atoms with Gasteiger partial charge in [0.2, 0.25) is 0 Å². The van der Waals surface area contributed by atoms with Crippen molar-refractivity contribution in [2.75, 3.05) is 0 Å². The van der Waals surface area contributed by atoms with Crippen LogP contribution < -0.4 is 0 Å². The lowest BCUT2D eigenvalue weighted by molar-refractivity contribution is 0.0517. The number of hydrogen-bond acceptors (Lipinski definition) is 2. The van der Waals surface area contributed by atoms with Crippen LogP contribution in [0.5, 0.6) is 5.75 Å². The van der Waals surface area contributed by atoms with E-state index in [1.165, 1.54) is 78.9 Å². The number of halogens is 2. The molecule has 0 aliphatic heterocycles. The second-order valence-corrected chi connectivity index (χ2v) is 10.3. The zero-order chi connectivity index (χ0) is 20.2. The molecule has 0 heterocycles. The quantitative estimate of drug-likeness (QED) is 0.406. The smallest absolute Gasteiger partial charge is 0.115 e. The molecule has 2 aliphatic carbocycles. The van der Waals surface area contributed by atoms with E-state index in [2.05, 4.69) is 51.8 Å². The van der Waals surface area contributed by atoms with Gasteiger partial charge in [0.15, 0.2) is 0 Å². The largest absolute Gasteiger partial charge is 0.508 e. The predicted molar refractivity (Wildman–Crippen MR) is 130 cm³/mol. The first-order valence-electron chi connectivity index (χ1n) is 11.1. The first kappa shape index (κ1) is 21.5. The molecule has 0 saturated heterocycles. The van der Waals surface area contributed by atoms with Crippen molar-refractivity contribution in [1.82, 2.24) is 4.90 Å². The van der Waals surface area contributed by atoms with Gasteiger partial charge in [0.05, 0.1) is 6.04 Å². The van der Waals surface area contributed by atoms with Crippen molar-refractivity contribution in [3.05, 3.63) is 62.2 Å². The normalized spacial score (nSPS) is 20.1. The van der Waals surface area contributed by atoms with Crippen LogP contribution in [0.3, 0.4) is 0 Å². The summed E-state index contributed by atoms with van der Waals surface area (Å²) in [6, 6.07) is 15.6. The Bertz CT molecular complexity index is 779. The Labute approximate surface area is 193 Å². The number of phenols is 1. The zero-order valence-corrected chi connectivity index (χ0v) is 19.9. The Kier molecular flexibility index (Phi) is 7.41. The highest BCUT2D eigenvalue weighted by atomic mass is 127. The van der Waals surface area contributed by atoms with Gasteiger partial charge in [-0.15, -0.1) is 0 Å². The lowest BCUT2D eigenvalue weighted by atomic mass is 9.84. The van der Waals surface area contributed by atoms with Crippen molar-refractivity contribution in [1.29, 1.82) is 0 Å². The van der Waals surface area contributed by atoms with Crippen molar-refractivity contribution >= 4 is 34.2 Å². The fourth-order valence-electron chi connectivity index (χ4n) is 5.37. The second-order valence-electron chi connectivity index (χ2n) is 8.69. The minimum atomic E-state index is 0.143. The fraction of sp³-hybridized carbons (Fsp3) is 0.520. The maximum absolute atomic E-state index is 9.90. The van der Waals surface area contributed by atoms with Crippen molar-refractivity contribution in [3.63, 3.8) is 0 Å². The molecule has 0 spiro atoms. The number of nitrogens with zero attached hydrogens (tertiary/aromatic N) is 1. The van der Waals surface area contributed by atoms with Gasteiger partial charge in [-0.1, -0.05) is 62.3 Å². The Morgan fingerprint density at radius 2 is 1.38 bits per heavy atom. The first-order valence-corrected chi connectivity index (χ1v) is 12.6. The van der Waals surface area contributed by atoms with Gasteiger partial charge >= 0.3 is 0 Å². The van der Waals surface area contributed by atoms with E-state index in [0.29, 0.717) is 17.8 Å². The van der Waals surface area contributed by atoms with Crippen LogP contribution in [0.25, 0.3) is 0 Å². The predicted octanol–water partition coefficient (Wildman–Crippen LogP) is 7.71. The third kappa shape index (κ3) is 5.11. The van der Waals surface area contributed by atoms with Gasteiger partial charge in [-0.3, -0.25) is 4.90 Å². The summed E-state index contributed by atoms with van der Waals surface area (Å²) in [5.74, 6) is 0.322. The number of aromatic hydroxyl groups is 1. The van der Waals surface area contributed by atoms with E-state index in [4.69, 9.17) is 11.6 Å². The van der Waals surface area contributed by atoms with E-state index in [9.17, 15) is 5.11 Å². The summed E-state index contributed by atoms with van der Waals surface area (Å²) in [5.41, 5.74) is 2.45. The molecule has 2 aromatic rings. The molecule has 4 rings (SSSR count). The van der Waals surface area contributed by atoms with Gasteiger partial charge in [0.1, 0.15) is 5.75 Å². The number of rotatable bonds is 5. The van der Waals surface area contributed by atoms with E-state index >= 15 is 0 Å². The minimum absolute atomic E-state index is 0.143. The molecule has 1 N–H and O–H groups in total. The average Bonchev–Trinajstić information content (AvgIpc) is 2.76. The molecule has 29 heavy (non-hydrogen) atoms. The summed E-state index contributed by atoms with van der Waals surface area (Å²) in [5, 5.41) is 10.8. The van der Waals surface area contributed by atoms with E-state index < -0.39 is 0 Å². The molecule has 2 saturated carbocycles. The van der Waals surface area contributed by atoms with Crippen LogP contribution in [0, 0.1) is 3.57 Å². The number of hydrogen-bond donors (Lipinski definition) is 1. The lowest BCUT2D eigenvalue weighted by Gasteiger charge is -2.47. The van der Waals surface area contributed by atoms with Crippen LogP contribution in [0.1, 0.15) is 81.4 Å². The standard InChI is InChI=1S/C25H31ClINO/c26-24-16-13-19(27)17-23(24)25(18-11-14-22(29)15-12-18)28(20-7-3-1-4-8-20)21-9-5-2-6-10-21/h11-17,20-21,25,29H,1-10H2. The average molecular weight is 524 g/mol. The van der Waals surface area contributed by atoms with E-state index in [1.54, 1.807) is 0 Å². The van der Waals surface area contributed by atoms with Crippen LogP contribution in [-0.4, -0.2) is 22.1 Å². The molecule has 2 aliphatic rings. The van der Waals surface area contributed by atoms with E-state index in [1.807, 2.05) is 18.2 Å². The molecule has 2 aromatic carbocycles. The van der Waals surface area contributed by atoms with Crippen LogP contribution >= 0.6 is 34.2 Å². The highest BCUT2D eigenvalue weighted by Gasteiger charge is 2.36. The monoisotopic (exact) mass is 523 g/mol. The van der Waals surface area contributed by atoms with Gasteiger partial charge in [-0.2, -0.15) is 0 Å². The summed E-state index contributed by atoms with van der Waals surface area (Å²) in [7, 11) is 0. The van der Waals surface area contributed by atoms with Gasteiger partial charge in [-0.25, -0.2) is 0 Å². The molecule has 2 fully saturated rings. The van der Waals surface area contributed by atoms with Gasteiger partial charge < -0.3 is 5.11 Å². The van der Waals surface area contributed by atoms with Crippen molar-refractivity contribution in [2.45, 2.75) is 82.3 Å². The van der Waals surface area contributed by atoms with Crippen molar-refractivity contribution in [2.24, 2.45) is 0 Å². The minimum Gasteiger partial charge on any atom is -0.508 e. The molecule has 4 heteroatoms. The highest BCUT2D eigenvalue weighted by Crippen LogP contribution is 2.42. The van der Waals surface area contributed by atoms with Crippen LogP contribution in [0.4, 0.5) is 0 Å². The maximum atomic E-state index is 9.90. The molecule has 0 bridgehead atoms. The summed E-state index contributed by atoms with van der Waals surface area (Å²) in [6.45, 7) is 0. The Balaban J connectivity index is 1.82. The molecule has 0 radical (unpaired) electrons. The number of phenolic OH excluding ortho intramolecular Hbond substituents is 1. The van der Waals surface area contributed by atoms with E-state index in [-0.39, 0.29) is 6.04 Å². The molecule has 1 unspecified atom stereocenters. The molecule has 1 atom stereocenters. The van der Waals surface area contributed by atoms with Crippen LogP contribution in [0.2, 0.25) is 5.02 Å². The summed E-state index contributed by atoms with van der Waals surface area (Å²) in [6.07, 6.45) is 13.2.